The normalized spacial score (nSPS) is 11.2. The van der Waals surface area contributed by atoms with Crippen LogP contribution in [0.4, 0.5) is 0 Å². The topological polar surface area (TPSA) is 96.5 Å². The van der Waals surface area contributed by atoms with Gasteiger partial charge in [-0.05, 0) is 13.8 Å². The fraction of sp³-hybridized carbons (Fsp3) is 0.556. The highest BCUT2D eigenvalue weighted by molar-refractivity contribution is 5.94. The van der Waals surface area contributed by atoms with Crippen LogP contribution >= 0.6 is 0 Å². The number of nitrogens with zero attached hydrogens (tertiary/aromatic N) is 3. The minimum Gasteiger partial charge on any atom is -0.480 e. The van der Waals surface area contributed by atoms with Crippen molar-refractivity contribution in [3.05, 3.63) is 11.7 Å². The second-order valence-corrected chi connectivity index (χ2v) is 3.87. The van der Waals surface area contributed by atoms with Gasteiger partial charge in [0.25, 0.3) is 11.7 Å². The minimum atomic E-state index is -1.33. The number of likely N-dealkylation sites (N-methyl/N-ethyl adjacent to an activating group) is 1. The lowest BCUT2D eigenvalue weighted by molar-refractivity contribution is -0.147. The Morgan fingerprint density at radius 1 is 1.44 bits per heavy atom. The highest BCUT2D eigenvalue weighted by Crippen LogP contribution is 2.14. The zero-order valence-corrected chi connectivity index (χ0v) is 9.51. The lowest BCUT2D eigenvalue weighted by Crippen LogP contribution is -2.51. The van der Waals surface area contributed by atoms with E-state index in [1.165, 1.54) is 20.9 Å². The molecule has 0 atom stereocenters. The van der Waals surface area contributed by atoms with Gasteiger partial charge in [-0.25, -0.2) is 4.79 Å². The number of carbonyl (C=O) groups excluding carboxylic acids is 1. The highest BCUT2D eigenvalue weighted by atomic mass is 16.5. The number of hydrogen-bond donors (Lipinski definition) is 1. The molecule has 16 heavy (non-hydrogen) atoms. The summed E-state index contributed by atoms with van der Waals surface area (Å²) in [7, 11) is 1.38. The molecule has 1 rings (SSSR count). The van der Waals surface area contributed by atoms with E-state index in [0.29, 0.717) is 0 Å². The smallest absolute Gasteiger partial charge is 0.329 e. The van der Waals surface area contributed by atoms with Gasteiger partial charge in [-0.2, -0.15) is 4.98 Å². The number of rotatable bonds is 3. The molecule has 1 heterocycles. The van der Waals surface area contributed by atoms with E-state index >= 15 is 0 Å². The number of hydrogen-bond acceptors (Lipinski definition) is 5. The van der Waals surface area contributed by atoms with Gasteiger partial charge < -0.3 is 14.5 Å². The third-order valence-electron chi connectivity index (χ3n) is 2.39. The van der Waals surface area contributed by atoms with Crippen molar-refractivity contribution in [2.45, 2.75) is 26.3 Å². The van der Waals surface area contributed by atoms with Crippen LogP contribution in [0.15, 0.2) is 4.52 Å². The van der Waals surface area contributed by atoms with Gasteiger partial charge in [0.1, 0.15) is 5.54 Å². The molecule has 0 aromatic carbocycles. The van der Waals surface area contributed by atoms with Crippen molar-refractivity contribution in [1.29, 1.82) is 0 Å². The van der Waals surface area contributed by atoms with Gasteiger partial charge >= 0.3 is 5.97 Å². The zero-order chi connectivity index (χ0) is 12.5. The lowest BCUT2D eigenvalue weighted by atomic mass is 10.0. The summed E-state index contributed by atoms with van der Waals surface area (Å²) < 4.78 is 4.65. The molecule has 0 spiro atoms. The number of aromatic nitrogens is 2. The van der Waals surface area contributed by atoms with E-state index in [9.17, 15) is 9.59 Å². The molecule has 7 heteroatoms. The van der Waals surface area contributed by atoms with E-state index in [1.54, 1.807) is 6.92 Å². The second kappa shape index (κ2) is 3.92. The van der Waals surface area contributed by atoms with Gasteiger partial charge in [0, 0.05) is 14.0 Å². The van der Waals surface area contributed by atoms with Gasteiger partial charge in [-0.15, -0.1) is 0 Å². The minimum absolute atomic E-state index is 0.144. The van der Waals surface area contributed by atoms with Crippen LogP contribution in [0.5, 0.6) is 0 Å². The number of carboxylic acids is 1. The largest absolute Gasteiger partial charge is 0.480 e. The molecular weight excluding hydrogens is 214 g/mol. The van der Waals surface area contributed by atoms with Crippen LogP contribution in [0.25, 0.3) is 0 Å². The average molecular weight is 227 g/mol. The Kier molecular flexibility index (Phi) is 2.97. The summed E-state index contributed by atoms with van der Waals surface area (Å²) >= 11 is 0. The van der Waals surface area contributed by atoms with Crippen LogP contribution in [0.1, 0.15) is 30.4 Å². The summed E-state index contributed by atoms with van der Waals surface area (Å²) in [5.74, 6) is -1.59. The van der Waals surface area contributed by atoms with Crippen molar-refractivity contribution < 1.29 is 19.2 Å². The number of aliphatic carboxylic acids is 1. The van der Waals surface area contributed by atoms with Crippen LogP contribution in [-0.4, -0.2) is 44.6 Å². The van der Waals surface area contributed by atoms with Crippen LogP contribution in [-0.2, 0) is 4.79 Å². The Balaban J connectivity index is 2.95. The van der Waals surface area contributed by atoms with Gasteiger partial charge in [0.05, 0.1) is 0 Å². The summed E-state index contributed by atoms with van der Waals surface area (Å²) in [4.78, 5) is 27.5. The standard InChI is InChI=1S/C9H13N3O4/c1-5-10-6(11-16-5)7(13)12(4)9(2,3)8(14)15/h1-4H3,(H,14,15). The lowest BCUT2D eigenvalue weighted by Gasteiger charge is -2.30. The van der Waals surface area contributed by atoms with Gasteiger partial charge in [-0.3, -0.25) is 4.79 Å². The molecule has 1 aromatic rings. The summed E-state index contributed by atoms with van der Waals surface area (Å²) in [5, 5.41) is 12.4. The van der Waals surface area contributed by atoms with Crippen LogP contribution < -0.4 is 0 Å². The van der Waals surface area contributed by atoms with Gasteiger partial charge in [-0.1, -0.05) is 5.16 Å². The van der Waals surface area contributed by atoms with Gasteiger partial charge in [0.15, 0.2) is 0 Å². The van der Waals surface area contributed by atoms with Crippen molar-refractivity contribution in [2.24, 2.45) is 0 Å². The molecule has 0 aliphatic heterocycles. The molecule has 88 valence electrons. The molecule has 0 aliphatic carbocycles. The Morgan fingerprint density at radius 2 is 2.00 bits per heavy atom. The second-order valence-electron chi connectivity index (χ2n) is 3.87. The molecule has 1 amide bonds. The van der Waals surface area contributed by atoms with E-state index in [4.69, 9.17) is 5.11 Å². The Bertz CT molecular complexity index is 424. The Labute approximate surface area is 92.0 Å². The first kappa shape index (κ1) is 12.2. The summed E-state index contributed by atoms with van der Waals surface area (Å²) in [5.41, 5.74) is -1.33. The van der Waals surface area contributed by atoms with Crippen LogP contribution in [0.2, 0.25) is 0 Å². The summed E-state index contributed by atoms with van der Waals surface area (Å²) in [6.07, 6.45) is 0. The highest BCUT2D eigenvalue weighted by Gasteiger charge is 2.37. The zero-order valence-electron chi connectivity index (χ0n) is 9.51. The maximum Gasteiger partial charge on any atom is 0.329 e. The van der Waals surface area contributed by atoms with Crippen molar-refractivity contribution in [1.82, 2.24) is 15.0 Å². The van der Waals surface area contributed by atoms with E-state index in [2.05, 4.69) is 14.7 Å². The predicted molar refractivity (Wildman–Crippen MR) is 52.8 cm³/mol. The number of carbonyl (C=O) groups is 2. The molecule has 0 bridgehead atoms. The summed E-state index contributed by atoms with van der Waals surface area (Å²) in [6.45, 7) is 4.38. The van der Waals surface area contributed by atoms with Crippen molar-refractivity contribution in [3.63, 3.8) is 0 Å². The van der Waals surface area contributed by atoms with E-state index < -0.39 is 17.4 Å². The first-order valence-electron chi connectivity index (χ1n) is 4.58. The number of carboxylic acid groups (broad SMARTS) is 1. The number of aryl methyl sites for hydroxylation is 1. The van der Waals surface area contributed by atoms with Crippen LogP contribution in [0.3, 0.4) is 0 Å². The molecule has 0 radical (unpaired) electrons. The van der Waals surface area contributed by atoms with E-state index in [1.807, 2.05) is 0 Å². The third kappa shape index (κ3) is 2.02. The molecule has 1 aromatic heterocycles. The van der Waals surface area contributed by atoms with Crippen molar-refractivity contribution >= 4 is 11.9 Å². The molecule has 0 saturated heterocycles. The molecule has 7 nitrogen and oxygen atoms in total. The molecule has 0 aliphatic rings. The van der Waals surface area contributed by atoms with Crippen molar-refractivity contribution in [3.8, 4) is 0 Å². The predicted octanol–water partition coefficient (Wildman–Crippen LogP) is 0.313. The van der Waals surface area contributed by atoms with Crippen LogP contribution in [0, 0.1) is 6.92 Å². The maximum atomic E-state index is 11.8. The molecule has 0 saturated carbocycles. The monoisotopic (exact) mass is 227 g/mol. The first-order valence-corrected chi connectivity index (χ1v) is 4.58. The fourth-order valence-corrected chi connectivity index (χ4v) is 0.933. The SMILES string of the molecule is Cc1nc(C(=O)N(C)C(C)(C)C(=O)O)no1. The van der Waals surface area contributed by atoms with Crippen molar-refractivity contribution in [2.75, 3.05) is 7.05 Å². The molecular formula is C9H13N3O4. The molecule has 1 N–H and O–H groups in total. The Hall–Kier alpha value is -1.92. The average Bonchev–Trinajstić information content (AvgIpc) is 2.62. The molecule has 0 fully saturated rings. The Morgan fingerprint density at radius 3 is 2.38 bits per heavy atom. The summed E-state index contributed by atoms with van der Waals surface area (Å²) in [6, 6.07) is 0. The van der Waals surface area contributed by atoms with E-state index in [-0.39, 0.29) is 11.7 Å². The van der Waals surface area contributed by atoms with E-state index in [0.717, 1.165) is 4.90 Å². The fourth-order valence-electron chi connectivity index (χ4n) is 0.933. The number of amides is 1. The third-order valence-corrected chi connectivity index (χ3v) is 2.39. The quantitative estimate of drug-likeness (QED) is 0.798. The molecule has 0 unspecified atom stereocenters. The van der Waals surface area contributed by atoms with Gasteiger partial charge in [0.2, 0.25) is 5.89 Å². The maximum absolute atomic E-state index is 11.8. The first-order chi connectivity index (χ1) is 7.26.